The minimum atomic E-state index is -4.03. The molecule has 166 valence electrons. The zero-order valence-corrected chi connectivity index (χ0v) is 18.3. The van der Waals surface area contributed by atoms with Crippen LogP contribution in [0.15, 0.2) is 48.9 Å². The first-order valence-corrected chi connectivity index (χ1v) is 11.7. The van der Waals surface area contributed by atoms with E-state index in [1.807, 2.05) is 42.1 Å². The van der Waals surface area contributed by atoms with E-state index in [0.29, 0.717) is 12.8 Å². The minimum Gasteiger partial charge on any atom is -0.393 e. The Kier molecular flexibility index (Phi) is 5.98. The maximum atomic E-state index is 11.1. The Bertz CT molecular complexity index is 1150. The summed E-state index contributed by atoms with van der Waals surface area (Å²) in [6, 6.07) is 12.3. The van der Waals surface area contributed by atoms with Crippen molar-refractivity contribution in [3.05, 3.63) is 54.5 Å². The summed E-state index contributed by atoms with van der Waals surface area (Å²) in [6.45, 7) is 2.00. The molecule has 0 saturated heterocycles. The molecule has 1 saturated carbocycles. The highest BCUT2D eigenvalue weighted by Gasteiger charge is 2.35. The number of aliphatic hydroxyl groups is 1. The lowest BCUT2D eigenvalue weighted by atomic mass is 10.1. The van der Waals surface area contributed by atoms with Gasteiger partial charge < -0.3 is 14.6 Å². The lowest BCUT2D eigenvalue weighted by Crippen LogP contribution is -2.24. The second-order valence-corrected chi connectivity index (χ2v) is 9.31. The lowest BCUT2D eigenvalue weighted by Gasteiger charge is -2.27. The molecule has 3 N–H and O–H groups in total. The van der Waals surface area contributed by atoms with Gasteiger partial charge in [0.15, 0.2) is 0 Å². The SMILES string of the molecule is CC(c1ccccc1)N(C)c1ncnc2c1ccn2[C@@H]1C[C@@H](COS(N)(=O)=O)[C@@H](O)C1. The fourth-order valence-electron chi connectivity index (χ4n) is 4.33. The van der Waals surface area contributed by atoms with Crippen molar-refractivity contribution in [2.24, 2.45) is 11.1 Å². The summed E-state index contributed by atoms with van der Waals surface area (Å²) < 4.78 is 28.9. The van der Waals surface area contributed by atoms with Crippen LogP contribution >= 0.6 is 0 Å². The van der Waals surface area contributed by atoms with Crippen molar-refractivity contribution in [3.63, 3.8) is 0 Å². The van der Waals surface area contributed by atoms with Gasteiger partial charge in [0.1, 0.15) is 17.8 Å². The van der Waals surface area contributed by atoms with E-state index in [4.69, 9.17) is 9.32 Å². The summed E-state index contributed by atoms with van der Waals surface area (Å²) in [6.07, 6.45) is 3.87. The minimum absolute atomic E-state index is 0.0267. The summed E-state index contributed by atoms with van der Waals surface area (Å²) in [5.41, 5.74) is 1.97. The predicted octanol–water partition coefficient (Wildman–Crippen LogP) is 2.16. The van der Waals surface area contributed by atoms with Crippen molar-refractivity contribution in [1.82, 2.24) is 14.5 Å². The van der Waals surface area contributed by atoms with Crippen LogP contribution in [0, 0.1) is 5.92 Å². The van der Waals surface area contributed by atoms with Crippen molar-refractivity contribution < 1.29 is 17.7 Å². The molecule has 4 rings (SSSR count). The standard InChI is InChI=1S/C21H27N5O4S/c1-14(15-6-4-3-5-7-15)25(2)20-18-8-9-26(21(18)24-13-23-20)17-10-16(19(27)11-17)12-30-31(22,28)29/h3-9,13-14,16-17,19,27H,10-12H2,1-2H3,(H2,22,28,29)/t14?,16-,17+,19-/m0/s1. The Balaban J connectivity index is 1.58. The van der Waals surface area contributed by atoms with E-state index >= 15 is 0 Å². The van der Waals surface area contributed by atoms with Gasteiger partial charge in [-0.25, -0.2) is 15.1 Å². The summed E-state index contributed by atoms with van der Waals surface area (Å²) >= 11 is 0. The number of nitrogens with zero attached hydrogens (tertiary/aromatic N) is 4. The van der Waals surface area contributed by atoms with Crippen LogP contribution in [-0.2, 0) is 14.5 Å². The Hall–Kier alpha value is -2.53. The van der Waals surface area contributed by atoms with Crippen molar-refractivity contribution in [3.8, 4) is 0 Å². The van der Waals surface area contributed by atoms with E-state index in [1.165, 1.54) is 5.56 Å². The van der Waals surface area contributed by atoms with E-state index < -0.39 is 16.4 Å². The molecule has 1 aliphatic carbocycles. The number of rotatable bonds is 7. The van der Waals surface area contributed by atoms with Gasteiger partial charge in [0.25, 0.3) is 0 Å². The molecule has 2 aromatic heterocycles. The molecule has 31 heavy (non-hydrogen) atoms. The molecule has 0 amide bonds. The predicted molar refractivity (Wildman–Crippen MR) is 118 cm³/mol. The highest BCUT2D eigenvalue weighted by Crippen LogP contribution is 2.38. The molecular weight excluding hydrogens is 418 g/mol. The molecule has 1 fully saturated rings. The highest BCUT2D eigenvalue weighted by atomic mass is 32.2. The largest absolute Gasteiger partial charge is 0.393 e. The van der Waals surface area contributed by atoms with E-state index in [0.717, 1.165) is 16.9 Å². The molecule has 1 aromatic carbocycles. The molecular formula is C21H27N5O4S. The maximum Gasteiger partial charge on any atom is 0.333 e. The van der Waals surface area contributed by atoms with Crippen LogP contribution in [0.2, 0.25) is 0 Å². The number of nitrogens with two attached hydrogens (primary N) is 1. The van der Waals surface area contributed by atoms with Gasteiger partial charge in [-0.15, -0.1) is 0 Å². The van der Waals surface area contributed by atoms with Crippen LogP contribution in [0.4, 0.5) is 5.82 Å². The van der Waals surface area contributed by atoms with Crippen molar-refractivity contribution in [2.45, 2.75) is 38.0 Å². The molecule has 1 unspecified atom stereocenters. The number of aliphatic hydroxyl groups excluding tert-OH is 1. The van der Waals surface area contributed by atoms with Crippen LogP contribution in [0.25, 0.3) is 11.0 Å². The number of fused-ring (bicyclic) bond motifs is 1. The smallest absolute Gasteiger partial charge is 0.333 e. The number of anilines is 1. The second kappa shape index (κ2) is 8.54. The van der Waals surface area contributed by atoms with Gasteiger partial charge in [-0.2, -0.15) is 8.42 Å². The summed E-state index contributed by atoms with van der Waals surface area (Å²) in [5, 5.41) is 16.2. The van der Waals surface area contributed by atoms with Gasteiger partial charge in [-0.1, -0.05) is 30.3 Å². The Morgan fingerprint density at radius 3 is 2.71 bits per heavy atom. The number of benzene rings is 1. The maximum absolute atomic E-state index is 11.1. The first kappa shape index (κ1) is 21.7. The fourth-order valence-corrected chi connectivity index (χ4v) is 4.70. The Morgan fingerprint density at radius 1 is 1.26 bits per heavy atom. The molecule has 0 aliphatic heterocycles. The van der Waals surface area contributed by atoms with Crippen LogP contribution in [0.1, 0.15) is 37.4 Å². The third kappa shape index (κ3) is 4.57. The molecule has 0 radical (unpaired) electrons. The molecule has 10 heteroatoms. The average Bonchev–Trinajstić information content (AvgIpc) is 3.34. The van der Waals surface area contributed by atoms with Crippen LogP contribution in [0.5, 0.6) is 0 Å². The lowest BCUT2D eigenvalue weighted by molar-refractivity contribution is 0.100. The highest BCUT2D eigenvalue weighted by molar-refractivity contribution is 7.84. The molecule has 4 atom stereocenters. The van der Waals surface area contributed by atoms with Crippen LogP contribution in [0.3, 0.4) is 0 Å². The zero-order chi connectivity index (χ0) is 22.2. The van der Waals surface area contributed by atoms with Crippen molar-refractivity contribution in [2.75, 3.05) is 18.6 Å². The average molecular weight is 446 g/mol. The van der Waals surface area contributed by atoms with Gasteiger partial charge in [-0.05, 0) is 31.4 Å². The van der Waals surface area contributed by atoms with Gasteiger partial charge in [0.05, 0.1) is 24.1 Å². The van der Waals surface area contributed by atoms with Crippen molar-refractivity contribution in [1.29, 1.82) is 0 Å². The van der Waals surface area contributed by atoms with E-state index in [9.17, 15) is 13.5 Å². The number of aromatic nitrogens is 3. The number of hydrogen-bond donors (Lipinski definition) is 2. The van der Waals surface area contributed by atoms with Crippen LogP contribution in [-0.4, -0.2) is 47.8 Å². The van der Waals surface area contributed by atoms with Gasteiger partial charge in [0, 0.05) is 25.2 Å². The Labute approximate surface area is 181 Å². The topological polar surface area (TPSA) is 124 Å². The monoisotopic (exact) mass is 445 g/mol. The van der Waals surface area contributed by atoms with Crippen molar-refractivity contribution >= 4 is 27.2 Å². The van der Waals surface area contributed by atoms with E-state index in [-0.39, 0.29) is 24.6 Å². The van der Waals surface area contributed by atoms with Crippen LogP contribution < -0.4 is 10.0 Å². The third-order valence-corrected chi connectivity index (χ3v) is 6.62. The van der Waals surface area contributed by atoms with Gasteiger partial charge >= 0.3 is 10.3 Å². The molecule has 0 bridgehead atoms. The third-order valence-electron chi connectivity index (χ3n) is 6.16. The fraction of sp³-hybridized carbons (Fsp3) is 0.429. The second-order valence-electron chi connectivity index (χ2n) is 8.09. The zero-order valence-electron chi connectivity index (χ0n) is 17.5. The van der Waals surface area contributed by atoms with Gasteiger partial charge in [0.2, 0.25) is 0 Å². The molecule has 0 spiro atoms. The quantitative estimate of drug-likeness (QED) is 0.571. The van der Waals surface area contributed by atoms with E-state index in [2.05, 4.69) is 33.9 Å². The molecule has 2 heterocycles. The summed E-state index contributed by atoms with van der Waals surface area (Å²) in [5.74, 6) is 0.510. The molecule has 9 nitrogen and oxygen atoms in total. The molecule has 1 aliphatic rings. The Morgan fingerprint density at radius 2 is 2.00 bits per heavy atom. The number of hydrogen-bond acceptors (Lipinski definition) is 7. The summed E-state index contributed by atoms with van der Waals surface area (Å²) in [4.78, 5) is 11.1. The van der Waals surface area contributed by atoms with Gasteiger partial charge in [-0.3, -0.25) is 4.18 Å². The first-order valence-electron chi connectivity index (χ1n) is 10.2. The molecule has 3 aromatic rings. The normalized spacial score (nSPS) is 22.6. The van der Waals surface area contributed by atoms with E-state index in [1.54, 1.807) is 6.33 Å². The first-order chi connectivity index (χ1) is 14.7. The summed E-state index contributed by atoms with van der Waals surface area (Å²) in [7, 11) is -2.02.